The number of nitrogens with zero attached hydrogens (tertiary/aromatic N) is 1. The summed E-state index contributed by atoms with van der Waals surface area (Å²) in [6, 6.07) is 19.4. The number of hydrogen-bond donors (Lipinski definition) is 0. The third-order valence-electron chi connectivity index (χ3n) is 5.53. The lowest BCUT2D eigenvalue weighted by molar-refractivity contribution is -0.143. The lowest BCUT2D eigenvalue weighted by Gasteiger charge is -2.38. The third kappa shape index (κ3) is 2.83. The molecule has 2 aromatic carbocycles. The SMILES string of the molecule is O=C1O[C@@H](C(=O)N2CCc3sccc3[C@@H]2c2ccccc2)Cc2ccccc21. The molecule has 2 aliphatic rings. The molecular weight excluding hydrogens is 370 g/mol. The van der Waals surface area contributed by atoms with Crippen molar-refractivity contribution in [2.75, 3.05) is 6.54 Å². The molecule has 1 amide bonds. The molecule has 3 aromatic rings. The first-order chi connectivity index (χ1) is 13.7. The van der Waals surface area contributed by atoms with Gasteiger partial charge in [-0.2, -0.15) is 0 Å². The average Bonchev–Trinajstić information content (AvgIpc) is 3.22. The Labute approximate surface area is 167 Å². The topological polar surface area (TPSA) is 46.6 Å². The van der Waals surface area contributed by atoms with E-state index < -0.39 is 12.1 Å². The Morgan fingerprint density at radius 2 is 1.82 bits per heavy atom. The molecule has 2 aliphatic heterocycles. The van der Waals surface area contributed by atoms with Crippen molar-refractivity contribution < 1.29 is 14.3 Å². The molecule has 0 fully saturated rings. The molecule has 0 bridgehead atoms. The number of esters is 1. The van der Waals surface area contributed by atoms with Crippen molar-refractivity contribution in [2.24, 2.45) is 0 Å². The van der Waals surface area contributed by atoms with Gasteiger partial charge in [0.25, 0.3) is 5.91 Å². The summed E-state index contributed by atoms with van der Waals surface area (Å²) in [6.07, 6.45) is 0.489. The van der Waals surface area contributed by atoms with E-state index in [2.05, 4.69) is 23.6 Å². The van der Waals surface area contributed by atoms with Gasteiger partial charge in [-0.15, -0.1) is 11.3 Å². The summed E-state index contributed by atoms with van der Waals surface area (Å²) < 4.78 is 5.55. The second-order valence-electron chi connectivity index (χ2n) is 7.15. The standard InChI is InChI=1S/C23H19NO3S/c25-22(19-14-16-8-4-5-9-17(16)23(26)27-19)24-12-10-20-18(11-13-28-20)21(24)15-6-2-1-3-7-15/h1-9,11,13,19,21H,10,12,14H2/t19-,21+/m1/s1. The number of thiophene rings is 1. The monoisotopic (exact) mass is 389 g/mol. The van der Waals surface area contributed by atoms with Crippen LogP contribution < -0.4 is 0 Å². The molecule has 5 rings (SSSR count). The van der Waals surface area contributed by atoms with Crippen molar-refractivity contribution >= 4 is 23.2 Å². The lowest BCUT2D eigenvalue weighted by atomic mass is 9.91. The number of benzene rings is 2. The summed E-state index contributed by atoms with van der Waals surface area (Å²) in [6.45, 7) is 0.627. The van der Waals surface area contributed by atoms with Crippen molar-refractivity contribution in [1.29, 1.82) is 0 Å². The Morgan fingerprint density at radius 3 is 2.68 bits per heavy atom. The Kier molecular flexibility index (Phi) is 4.24. The van der Waals surface area contributed by atoms with Crippen LogP contribution in [0, 0.1) is 0 Å². The fourth-order valence-corrected chi connectivity index (χ4v) is 5.11. The van der Waals surface area contributed by atoms with Gasteiger partial charge in [0, 0.05) is 17.8 Å². The summed E-state index contributed by atoms with van der Waals surface area (Å²) in [5, 5.41) is 2.09. The maximum atomic E-state index is 13.5. The van der Waals surface area contributed by atoms with Gasteiger partial charge < -0.3 is 9.64 Å². The first-order valence-electron chi connectivity index (χ1n) is 9.43. The highest BCUT2D eigenvalue weighted by Crippen LogP contribution is 2.38. The smallest absolute Gasteiger partial charge is 0.339 e. The number of fused-ring (bicyclic) bond motifs is 2. The van der Waals surface area contributed by atoms with Gasteiger partial charge in [0.2, 0.25) is 0 Å². The maximum Gasteiger partial charge on any atom is 0.339 e. The molecule has 5 heteroatoms. The van der Waals surface area contributed by atoms with Crippen LogP contribution in [0.25, 0.3) is 0 Å². The molecule has 0 radical (unpaired) electrons. The fourth-order valence-electron chi connectivity index (χ4n) is 4.20. The first-order valence-corrected chi connectivity index (χ1v) is 10.3. The van der Waals surface area contributed by atoms with Crippen LogP contribution >= 0.6 is 11.3 Å². The minimum absolute atomic E-state index is 0.117. The van der Waals surface area contributed by atoms with Gasteiger partial charge in [0.15, 0.2) is 6.10 Å². The van der Waals surface area contributed by atoms with Crippen LogP contribution in [0.1, 0.15) is 38.0 Å². The van der Waals surface area contributed by atoms with Gasteiger partial charge in [-0.1, -0.05) is 48.5 Å². The van der Waals surface area contributed by atoms with Crippen LogP contribution in [0.5, 0.6) is 0 Å². The molecule has 0 aliphatic carbocycles. The molecule has 0 spiro atoms. The number of carbonyl (C=O) groups excluding carboxylic acids is 2. The second-order valence-corrected chi connectivity index (χ2v) is 8.15. The lowest BCUT2D eigenvalue weighted by Crippen LogP contribution is -2.48. The predicted octanol–water partition coefficient (Wildman–Crippen LogP) is 4.00. The van der Waals surface area contributed by atoms with Gasteiger partial charge >= 0.3 is 5.97 Å². The zero-order chi connectivity index (χ0) is 19.1. The van der Waals surface area contributed by atoms with E-state index in [-0.39, 0.29) is 11.9 Å². The van der Waals surface area contributed by atoms with E-state index in [0.29, 0.717) is 18.5 Å². The average molecular weight is 389 g/mol. The van der Waals surface area contributed by atoms with E-state index in [0.717, 1.165) is 17.5 Å². The van der Waals surface area contributed by atoms with Crippen molar-refractivity contribution in [3.8, 4) is 0 Å². The highest BCUT2D eigenvalue weighted by atomic mass is 32.1. The molecule has 3 heterocycles. The summed E-state index contributed by atoms with van der Waals surface area (Å²) in [7, 11) is 0. The molecule has 4 nitrogen and oxygen atoms in total. The Bertz CT molecular complexity index is 1040. The van der Waals surface area contributed by atoms with Crippen molar-refractivity contribution in [1.82, 2.24) is 4.90 Å². The largest absolute Gasteiger partial charge is 0.448 e. The van der Waals surface area contributed by atoms with Gasteiger partial charge in [-0.3, -0.25) is 4.79 Å². The molecule has 0 saturated heterocycles. The zero-order valence-corrected chi connectivity index (χ0v) is 16.0. The van der Waals surface area contributed by atoms with E-state index in [1.54, 1.807) is 17.4 Å². The molecule has 0 saturated carbocycles. The second kappa shape index (κ2) is 6.91. The van der Waals surface area contributed by atoms with E-state index >= 15 is 0 Å². The van der Waals surface area contributed by atoms with Crippen LogP contribution in [0.3, 0.4) is 0 Å². The normalized spacial score (nSPS) is 20.9. The van der Waals surface area contributed by atoms with Crippen LogP contribution in [0.15, 0.2) is 66.0 Å². The van der Waals surface area contributed by atoms with Gasteiger partial charge in [0.05, 0.1) is 11.6 Å². The zero-order valence-electron chi connectivity index (χ0n) is 15.2. The highest BCUT2D eigenvalue weighted by molar-refractivity contribution is 7.10. The summed E-state index contributed by atoms with van der Waals surface area (Å²) in [4.78, 5) is 29.1. The summed E-state index contributed by atoms with van der Waals surface area (Å²) in [5.41, 5.74) is 3.70. The Hall–Kier alpha value is -2.92. The summed E-state index contributed by atoms with van der Waals surface area (Å²) in [5.74, 6) is -0.529. The van der Waals surface area contributed by atoms with Gasteiger partial charge in [-0.25, -0.2) is 4.79 Å². The van der Waals surface area contributed by atoms with Crippen molar-refractivity contribution in [3.05, 3.63) is 93.2 Å². The molecule has 140 valence electrons. The number of amides is 1. The van der Waals surface area contributed by atoms with E-state index in [1.807, 2.05) is 41.3 Å². The third-order valence-corrected chi connectivity index (χ3v) is 6.53. The minimum Gasteiger partial charge on any atom is -0.448 e. The molecule has 1 aromatic heterocycles. The van der Waals surface area contributed by atoms with E-state index in [4.69, 9.17) is 4.74 Å². The molecule has 0 N–H and O–H groups in total. The molecule has 0 unspecified atom stereocenters. The highest BCUT2D eigenvalue weighted by Gasteiger charge is 2.39. The molecule has 28 heavy (non-hydrogen) atoms. The van der Waals surface area contributed by atoms with Crippen LogP contribution in [-0.4, -0.2) is 29.4 Å². The quantitative estimate of drug-likeness (QED) is 0.623. The van der Waals surface area contributed by atoms with Gasteiger partial charge in [0.1, 0.15) is 0 Å². The van der Waals surface area contributed by atoms with E-state index in [9.17, 15) is 9.59 Å². The predicted molar refractivity (Wildman–Crippen MR) is 107 cm³/mol. The number of ether oxygens (including phenoxy) is 1. The Balaban J connectivity index is 1.50. The maximum absolute atomic E-state index is 13.5. The summed E-state index contributed by atoms with van der Waals surface area (Å²) >= 11 is 1.74. The molecule has 2 atom stereocenters. The van der Waals surface area contributed by atoms with Crippen LogP contribution in [0.2, 0.25) is 0 Å². The van der Waals surface area contributed by atoms with Crippen LogP contribution in [0.4, 0.5) is 0 Å². The Morgan fingerprint density at radius 1 is 1.04 bits per heavy atom. The number of rotatable bonds is 2. The number of carbonyl (C=O) groups is 2. The fraction of sp³-hybridized carbons (Fsp3) is 0.217. The van der Waals surface area contributed by atoms with E-state index in [1.165, 1.54) is 10.4 Å². The van der Waals surface area contributed by atoms with Crippen molar-refractivity contribution in [2.45, 2.75) is 25.0 Å². The van der Waals surface area contributed by atoms with Gasteiger partial charge in [-0.05, 0) is 40.6 Å². The first kappa shape index (κ1) is 17.2. The minimum atomic E-state index is -0.770. The molecular formula is C23H19NO3S. The van der Waals surface area contributed by atoms with Crippen LogP contribution in [-0.2, 0) is 22.4 Å². The number of cyclic esters (lactones) is 1. The number of hydrogen-bond acceptors (Lipinski definition) is 4. The van der Waals surface area contributed by atoms with Crippen molar-refractivity contribution in [3.63, 3.8) is 0 Å².